The first-order valence-corrected chi connectivity index (χ1v) is 8.56. The van der Waals surface area contributed by atoms with Gasteiger partial charge in [-0.15, -0.1) is 0 Å². The largest absolute Gasteiger partial charge is 0.317 e. The van der Waals surface area contributed by atoms with Gasteiger partial charge < -0.3 is 4.57 Å². The molecule has 0 fully saturated rings. The molecule has 0 N–H and O–H groups in total. The van der Waals surface area contributed by atoms with Gasteiger partial charge in [0, 0.05) is 7.05 Å². The summed E-state index contributed by atoms with van der Waals surface area (Å²) in [5.41, 5.74) is 0.907. The summed E-state index contributed by atoms with van der Waals surface area (Å²) in [5.74, 6) is -2.08. The third-order valence-electron chi connectivity index (χ3n) is 4.17. The summed E-state index contributed by atoms with van der Waals surface area (Å²) in [5, 5.41) is 0. The van der Waals surface area contributed by atoms with Crippen LogP contribution in [0.1, 0.15) is 20.7 Å². The second-order valence-electron chi connectivity index (χ2n) is 5.78. The molecule has 2 heterocycles. The topological polar surface area (TPSA) is 71.7 Å². The number of fused-ring (bicyclic) bond motifs is 2. The van der Waals surface area contributed by atoms with Crippen molar-refractivity contribution in [1.29, 1.82) is 0 Å². The van der Waals surface area contributed by atoms with Crippen LogP contribution in [0.5, 0.6) is 0 Å². The van der Waals surface area contributed by atoms with Gasteiger partial charge in [0.15, 0.2) is 4.80 Å². The Morgan fingerprint density at radius 2 is 1.73 bits per heavy atom. The van der Waals surface area contributed by atoms with Gasteiger partial charge in [-0.05, 0) is 24.3 Å². The predicted molar refractivity (Wildman–Crippen MR) is 93.1 cm³/mol. The summed E-state index contributed by atoms with van der Waals surface area (Å²) in [6.07, 6.45) is 0. The number of carbonyl (C=O) groups excluding carboxylic acids is 3. The number of hydrogen-bond donors (Lipinski definition) is 0. The molecule has 6 nitrogen and oxygen atoms in total. The van der Waals surface area contributed by atoms with Gasteiger partial charge in [-0.2, -0.15) is 4.99 Å². The van der Waals surface area contributed by atoms with Crippen molar-refractivity contribution in [1.82, 2.24) is 9.47 Å². The van der Waals surface area contributed by atoms with Crippen LogP contribution in [0.15, 0.2) is 47.5 Å². The average Bonchev–Trinajstić information content (AvgIpc) is 3.06. The number of amides is 3. The minimum atomic E-state index is -0.651. The highest BCUT2D eigenvalue weighted by atomic mass is 32.1. The number of carbonyl (C=O) groups is 3. The van der Waals surface area contributed by atoms with Crippen molar-refractivity contribution in [2.24, 2.45) is 12.0 Å². The Hall–Kier alpha value is -3.13. The molecule has 3 aromatic rings. The van der Waals surface area contributed by atoms with Gasteiger partial charge in [0.1, 0.15) is 12.4 Å². The second kappa shape index (κ2) is 5.99. The summed E-state index contributed by atoms with van der Waals surface area (Å²) in [6.45, 7) is -0.455. The van der Waals surface area contributed by atoms with Crippen LogP contribution in [0.25, 0.3) is 10.2 Å². The minimum Gasteiger partial charge on any atom is -0.317 e. The molecule has 0 bridgehead atoms. The number of para-hydroxylation sites is 1. The number of hydrogen-bond acceptors (Lipinski definition) is 4. The summed E-state index contributed by atoms with van der Waals surface area (Å²) < 4.78 is 16.1. The Morgan fingerprint density at radius 3 is 2.35 bits per heavy atom. The summed E-state index contributed by atoms with van der Waals surface area (Å²) >= 11 is 1.16. The van der Waals surface area contributed by atoms with E-state index in [1.54, 1.807) is 43.4 Å². The van der Waals surface area contributed by atoms with E-state index >= 15 is 0 Å². The lowest BCUT2D eigenvalue weighted by Gasteiger charge is -2.10. The van der Waals surface area contributed by atoms with E-state index < -0.39 is 30.1 Å². The van der Waals surface area contributed by atoms with E-state index in [4.69, 9.17) is 0 Å². The van der Waals surface area contributed by atoms with Crippen molar-refractivity contribution in [2.75, 3.05) is 6.54 Å². The minimum absolute atomic E-state index is 0.278. The van der Waals surface area contributed by atoms with E-state index in [2.05, 4.69) is 4.99 Å². The first kappa shape index (κ1) is 16.3. The molecule has 26 heavy (non-hydrogen) atoms. The van der Waals surface area contributed by atoms with Gasteiger partial charge in [0.05, 0.1) is 21.3 Å². The summed E-state index contributed by atoms with van der Waals surface area (Å²) in [6, 6.07) is 11.1. The zero-order valence-corrected chi connectivity index (χ0v) is 14.4. The Morgan fingerprint density at radius 1 is 1.08 bits per heavy atom. The number of thiazole rings is 1. The number of benzene rings is 2. The molecule has 4 rings (SSSR count). The van der Waals surface area contributed by atoms with Crippen molar-refractivity contribution in [2.45, 2.75) is 0 Å². The lowest BCUT2D eigenvalue weighted by molar-refractivity contribution is -0.118. The predicted octanol–water partition coefficient (Wildman–Crippen LogP) is 2.10. The standard InChI is InChI=1S/C18H12FN3O3S/c1-21-15-12(19)7-4-8-13(15)26-18(21)20-14(23)9-22-16(24)10-5-2-3-6-11(10)17(22)25/h2-8H,9H2,1H3. The summed E-state index contributed by atoms with van der Waals surface area (Å²) in [7, 11) is 1.61. The van der Waals surface area contributed by atoms with E-state index in [-0.39, 0.29) is 11.1 Å². The van der Waals surface area contributed by atoms with Crippen LogP contribution in [0.3, 0.4) is 0 Å². The molecular weight excluding hydrogens is 357 g/mol. The third kappa shape index (κ3) is 2.46. The first-order valence-electron chi connectivity index (χ1n) is 7.74. The average molecular weight is 369 g/mol. The fourth-order valence-electron chi connectivity index (χ4n) is 2.92. The normalized spacial score (nSPS) is 14.4. The molecule has 1 aliphatic rings. The number of aryl methyl sites for hydroxylation is 1. The SMILES string of the molecule is Cn1c(=NC(=O)CN2C(=O)c3ccccc3C2=O)sc2cccc(F)c21. The Kier molecular flexibility index (Phi) is 3.77. The van der Waals surface area contributed by atoms with Crippen LogP contribution in [0.2, 0.25) is 0 Å². The molecule has 0 radical (unpaired) electrons. The highest BCUT2D eigenvalue weighted by molar-refractivity contribution is 7.16. The molecule has 8 heteroatoms. The number of nitrogens with zero attached hydrogens (tertiary/aromatic N) is 3. The van der Waals surface area contributed by atoms with Gasteiger partial charge >= 0.3 is 0 Å². The number of rotatable bonds is 2. The fraction of sp³-hybridized carbons (Fsp3) is 0.111. The lowest BCUT2D eigenvalue weighted by Crippen LogP contribution is -2.35. The zero-order chi connectivity index (χ0) is 18.4. The van der Waals surface area contributed by atoms with Crippen LogP contribution in [-0.4, -0.2) is 33.7 Å². The second-order valence-corrected chi connectivity index (χ2v) is 6.79. The van der Waals surface area contributed by atoms with E-state index in [1.165, 1.54) is 10.6 Å². The highest BCUT2D eigenvalue weighted by Crippen LogP contribution is 2.22. The maximum absolute atomic E-state index is 13.9. The molecule has 2 aromatic carbocycles. The maximum atomic E-state index is 13.9. The maximum Gasteiger partial charge on any atom is 0.268 e. The van der Waals surface area contributed by atoms with Crippen LogP contribution >= 0.6 is 11.3 Å². The summed E-state index contributed by atoms with van der Waals surface area (Å²) in [4.78, 5) is 42.1. The highest BCUT2D eigenvalue weighted by Gasteiger charge is 2.36. The third-order valence-corrected chi connectivity index (χ3v) is 5.26. The molecule has 130 valence electrons. The van der Waals surface area contributed by atoms with Gasteiger partial charge in [-0.1, -0.05) is 29.5 Å². The molecule has 0 saturated carbocycles. The Bertz CT molecular complexity index is 1130. The van der Waals surface area contributed by atoms with E-state index in [0.29, 0.717) is 15.0 Å². The molecular formula is C18H12FN3O3S. The van der Waals surface area contributed by atoms with Crippen molar-refractivity contribution in [3.05, 3.63) is 64.2 Å². The van der Waals surface area contributed by atoms with Crippen molar-refractivity contribution < 1.29 is 18.8 Å². The van der Waals surface area contributed by atoms with Gasteiger partial charge in [-0.25, -0.2) is 4.39 Å². The monoisotopic (exact) mass is 369 g/mol. The van der Waals surface area contributed by atoms with E-state index in [9.17, 15) is 18.8 Å². The molecule has 0 aliphatic carbocycles. The number of halogens is 1. The van der Waals surface area contributed by atoms with Gasteiger partial charge in [0.2, 0.25) is 0 Å². The molecule has 1 aromatic heterocycles. The van der Waals surface area contributed by atoms with Gasteiger partial charge in [-0.3, -0.25) is 19.3 Å². The Labute approximate surface area is 150 Å². The molecule has 0 saturated heterocycles. The number of aromatic nitrogens is 1. The first-order chi connectivity index (χ1) is 12.5. The zero-order valence-electron chi connectivity index (χ0n) is 13.6. The van der Waals surface area contributed by atoms with Gasteiger partial charge in [0.25, 0.3) is 17.7 Å². The van der Waals surface area contributed by atoms with Crippen molar-refractivity contribution >= 4 is 39.3 Å². The van der Waals surface area contributed by atoms with Crippen molar-refractivity contribution in [3.8, 4) is 0 Å². The molecule has 3 amide bonds. The lowest BCUT2D eigenvalue weighted by atomic mass is 10.1. The molecule has 1 aliphatic heterocycles. The quantitative estimate of drug-likeness (QED) is 0.650. The van der Waals surface area contributed by atoms with Crippen LogP contribution in [0, 0.1) is 5.82 Å². The van der Waals surface area contributed by atoms with Crippen LogP contribution < -0.4 is 4.80 Å². The van der Waals surface area contributed by atoms with Crippen LogP contribution in [-0.2, 0) is 11.8 Å². The van der Waals surface area contributed by atoms with E-state index in [0.717, 1.165) is 16.2 Å². The van der Waals surface area contributed by atoms with Crippen LogP contribution in [0.4, 0.5) is 4.39 Å². The smallest absolute Gasteiger partial charge is 0.268 e. The molecule has 0 atom stereocenters. The fourth-order valence-corrected chi connectivity index (χ4v) is 3.97. The van der Waals surface area contributed by atoms with E-state index in [1.807, 2.05) is 0 Å². The Balaban J connectivity index is 1.66. The number of imide groups is 1. The molecule has 0 spiro atoms. The molecule has 0 unspecified atom stereocenters. The van der Waals surface area contributed by atoms with Crippen molar-refractivity contribution in [3.63, 3.8) is 0 Å².